The predicted octanol–water partition coefficient (Wildman–Crippen LogP) is 4.24. The molecule has 0 radical (unpaired) electrons. The summed E-state index contributed by atoms with van der Waals surface area (Å²) in [6.45, 7) is 7.02. The molecule has 3 aromatic rings. The molecule has 9 heteroatoms. The maximum atomic E-state index is 14.8. The summed E-state index contributed by atoms with van der Waals surface area (Å²) in [6.07, 6.45) is 3.82. The van der Waals surface area contributed by atoms with Crippen molar-refractivity contribution in [1.29, 1.82) is 0 Å². The van der Waals surface area contributed by atoms with Gasteiger partial charge in [-0.15, -0.1) is 0 Å². The summed E-state index contributed by atoms with van der Waals surface area (Å²) in [5.41, 5.74) is 14.5. The van der Waals surface area contributed by atoms with Crippen molar-refractivity contribution in [3.8, 4) is 0 Å². The second-order valence-corrected chi connectivity index (χ2v) is 8.99. The number of primary amides is 1. The first-order valence-electron chi connectivity index (χ1n) is 11.6. The SMILES string of the molecule is CCn1nc(C(C)C)c2cc(Nc3nc(N[C@@H]4CCCC[C@@H]4N)c(F)cc3C(N)=O)ccc21. The molecule has 2 atom stereocenters. The van der Waals surface area contributed by atoms with Crippen LogP contribution in [0, 0.1) is 5.82 Å². The van der Waals surface area contributed by atoms with E-state index >= 15 is 0 Å². The number of hydrogen-bond acceptors (Lipinski definition) is 6. The maximum absolute atomic E-state index is 14.8. The van der Waals surface area contributed by atoms with E-state index in [1.807, 2.05) is 22.9 Å². The number of pyridine rings is 1. The largest absolute Gasteiger partial charge is 0.365 e. The van der Waals surface area contributed by atoms with Gasteiger partial charge in [-0.25, -0.2) is 9.37 Å². The molecule has 0 bridgehead atoms. The van der Waals surface area contributed by atoms with E-state index in [-0.39, 0.29) is 35.2 Å². The molecule has 1 saturated carbocycles. The summed E-state index contributed by atoms with van der Waals surface area (Å²) < 4.78 is 16.8. The third kappa shape index (κ3) is 4.64. The fourth-order valence-electron chi connectivity index (χ4n) is 4.47. The third-order valence-corrected chi connectivity index (χ3v) is 6.27. The first-order valence-corrected chi connectivity index (χ1v) is 11.6. The Bertz CT molecular complexity index is 1170. The lowest BCUT2D eigenvalue weighted by atomic mass is 9.91. The zero-order valence-corrected chi connectivity index (χ0v) is 19.4. The van der Waals surface area contributed by atoms with Crippen molar-refractivity contribution >= 4 is 34.1 Å². The number of nitrogens with one attached hydrogen (secondary N) is 2. The van der Waals surface area contributed by atoms with Crippen LogP contribution in [0.5, 0.6) is 0 Å². The summed E-state index contributed by atoms with van der Waals surface area (Å²) in [4.78, 5) is 16.4. The highest BCUT2D eigenvalue weighted by Crippen LogP contribution is 2.31. The molecule has 0 unspecified atom stereocenters. The fraction of sp³-hybridized carbons (Fsp3) is 0.458. The van der Waals surface area contributed by atoms with E-state index in [0.717, 1.165) is 54.9 Å². The number of hydrogen-bond donors (Lipinski definition) is 4. The zero-order chi connectivity index (χ0) is 23.7. The molecule has 0 aliphatic heterocycles. The number of carbonyl (C=O) groups excluding carboxylic acids is 1. The van der Waals surface area contributed by atoms with Gasteiger partial charge in [-0.3, -0.25) is 9.48 Å². The van der Waals surface area contributed by atoms with Crippen LogP contribution in [0.1, 0.15) is 68.4 Å². The number of anilines is 3. The van der Waals surface area contributed by atoms with Crippen LogP contribution >= 0.6 is 0 Å². The lowest BCUT2D eigenvalue weighted by Gasteiger charge is -2.30. The molecule has 0 spiro atoms. The van der Waals surface area contributed by atoms with Crippen LogP contribution in [0.25, 0.3) is 10.9 Å². The van der Waals surface area contributed by atoms with Crippen molar-refractivity contribution in [2.24, 2.45) is 11.5 Å². The number of carbonyl (C=O) groups is 1. The van der Waals surface area contributed by atoms with Crippen molar-refractivity contribution in [3.05, 3.63) is 41.3 Å². The number of amides is 1. The Labute approximate surface area is 192 Å². The number of rotatable bonds is 7. The summed E-state index contributed by atoms with van der Waals surface area (Å²) in [5, 5.41) is 12.1. The lowest BCUT2D eigenvalue weighted by molar-refractivity contribution is 0.100. The van der Waals surface area contributed by atoms with Gasteiger partial charge in [-0.05, 0) is 49.9 Å². The molecule has 1 aromatic carbocycles. The number of nitrogens with zero attached hydrogens (tertiary/aromatic N) is 3. The third-order valence-electron chi connectivity index (χ3n) is 6.27. The highest BCUT2D eigenvalue weighted by atomic mass is 19.1. The molecule has 8 nitrogen and oxygen atoms in total. The predicted molar refractivity (Wildman–Crippen MR) is 129 cm³/mol. The average molecular weight is 454 g/mol. The highest BCUT2D eigenvalue weighted by Gasteiger charge is 2.24. The molecule has 1 fully saturated rings. The summed E-state index contributed by atoms with van der Waals surface area (Å²) in [6, 6.07) is 6.83. The van der Waals surface area contributed by atoms with Gasteiger partial charge in [0.15, 0.2) is 11.6 Å². The van der Waals surface area contributed by atoms with Gasteiger partial charge in [-0.2, -0.15) is 5.10 Å². The molecule has 6 N–H and O–H groups in total. The standard InChI is InChI=1S/C24H32FN7O/c1-4-32-20-10-9-14(11-15(20)21(31-32)13(2)3)28-23-16(22(27)33)12-17(25)24(30-23)29-19-8-6-5-7-18(19)26/h9-13,18-19H,4-8,26H2,1-3H3,(H2,27,33)(H2,28,29,30)/t18-,19+/m0/s1. The van der Waals surface area contributed by atoms with Crippen molar-refractivity contribution in [1.82, 2.24) is 14.8 Å². The molecule has 1 aliphatic rings. The number of nitrogens with two attached hydrogens (primary N) is 2. The Hall–Kier alpha value is -3.20. The molecule has 0 saturated heterocycles. The van der Waals surface area contributed by atoms with E-state index in [1.165, 1.54) is 0 Å². The first-order chi connectivity index (χ1) is 15.8. The minimum atomic E-state index is -0.757. The van der Waals surface area contributed by atoms with Gasteiger partial charge < -0.3 is 22.1 Å². The number of aryl methyl sites for hydroxylation is 1. The molecule has 176 valence electrons. The number of benzene rings is 1. The van der Waals surface area contributed by atoms with Crippen LogP contribution in [-0.2, 0) is 6.54 Å². The van der Waals surface area contributed by atoms with E-state index in [4.69, 9.17) is 16.6 Å². The second-order valence-electron chi connectivity index (χ2n) is 8.99. The Balaban J connectivity index is 1.71. The van der Waals surface area contributed by atoms with Crippen LogP contribution in [0.3, 0.4) is 0 Å². The molecule has 1 aliphatic carbocycles. The quantitative estimate of drug-likeness (QED) is 0.424. The minimum absolute atomic E-state index is 0.0144. The Morgan fingerprint density at radius 3 is 2.67 bits per heavy atom. The summed E-state index contributed by atoms with van der Waals surface area (Å²) in [5.74, 6) is -0.880. The van der Waals surface area contributed by atoms with E-state index < -0.39 is 11.7 Å². The zero-order valence-electron chi connectivity index (χ0n) is 19.4. The second kappa shape index (κ2) is 9.35. The fourth-order valence-corrected chi connectivity index (χ4v) is 4.47. The smallest absolute Gasteiger partial charge is 0.252 e. The van der Waals surface area contributed by atoms with Crippen LogP contribution in [-0.4, -0.2) is 32.8 Å². The van der Waals surface area contributed by atoms with E-state index in [0.29, 0.717) is 5.69 Å². The number of aromatic nitrogens is 3. The normalized spacial score (nSPS) is 18.6. The van der Waals surface area contributed by atoms with Crippen molar-refractivity contribution in [3.63, 3.8) is 0 Å². The van der Waals surface area contributed by atoms with E-state index in [2.05, 4.69) is 36.4 Å². The summed E-state index contributed by atoms with van der Waals surface area (Å²) in [7, 11) is 0. The van der Waals surface area contributed by atoms with Gasteiger partial charge in [0.2, 0.25) is 0 Å². The summed E-state index contributed by atoms with van der Waals surface area (Å²) >= 11 is 0. The van der Waals surface area contributed by atoms with Gasteiger partial charge >= 0.3 is 0 Å². The number of fused-ring (bicyclic) bond motifs is 1. The highest BCUT2D eigenvalue weighted by molar-refractivity contribution is 5.99. The molecular weight excluding hydrogens is 421 g/mol. The van der Waals surface area contributed by atoms with Crippen LogP contribution in [0.4, 0.5) is 21.7 Å². The van der Waals surface area contributed by atoms with Crippen LogP contribution in [0.2, 0.25) is 0 Å². The average Bonchev–Trinajstić information content (AvgIpc) is 3.15. The molecular formula is C24H32FN7O. The van der Waals surface area contributed by atoms with Gasteiger partial charge in [0, 0.05) is 29.7 Å². The molecule has 4 rings (SSSR count). The minimum Gasteiger partial charge on any atom is -0.365 e. The molecule has 33 heavy (non-hydrogen) atoms. The Morgan fingerprint density at radius 2 is 2.00 bits per heavy atom. The molecule has 2 heterocycles. The maximum Gasteiger partial charge on any atom is 0.252 e. The molecule has 2 aromatic heterocycles. The number of halogens is 1. The van der Waals surface area contributed by atoms with Crippen LogP contribution < -0.4 is 22.1 Å². The van der Waals surface area contributed by atoms with Crippen molar-refractivity contribution in [2.75, 3.05) is 10.6 Å². The Kier molecular flexibility index (Phi) is 6.51. The van der Waals surface area contributed by atoms with Crippen molar-refractivity contribution < 1.29 is 9.18 Å². The van der Waals surface area contributed by atoms with E-state index in [9.17, 15) is 9.18 Å². The monoisotopic (exact) mass is 453 g/mol. The van der Waals surface area contributed by atoms with Crippen LogP contribution in [0.15, 0.2) is 24.3 Å². The van der Waals surface area contributed by atoms with Gasteiger partial charge in [0.1, 0.15) is 5.82 Å². The topological polar surface area (TPSA) is 124 Å². The molecule has 1 amide bonds. The van der Waals surface area contributed by atoms with Gasteiger partial charge in [-0.1, -0.05) is 26.7 Å². The van der Waals surface area contributed by atoms with E-state index in [1.54, 1.807) is 0 Å². The first kappa shape index (κ1) is 23.0. The van der Waals surface area contributed by atoms with Crippen molar-refractivity contribution in [2.45, 2.75) is 71.0 Å². The van der Waals surface area contributed by atoms with Gasteiger partial charge in [0.05, 0.1) is 16.8 Å². The Morgan fingerprint density at radius 1 is 1.24 bits per heavy atom. The van der Waals surface area contributed by atoms with Gasteiger partial charge in [0.25, 0.3) is 5.91 Å². The lowest BCUT2D eigenvalue weighted by Crippen LogP contribution is -2.43.